The van der Waals surface area contributed by atoms with Crippen LogP contribution in [0.2, 0.25) is 0 Å². The highest BCUT2D eigenvalue weighted by Gasteiger charge is 2.30. The largest absolute Gasteiger partial charge is 0.391 e. The van der Waals surface area contributed by atoms with Crippen molar-refractivity contribution in [3.63, 3.8) is 0 Å². The van der Waals surface area contributed by atoms with Crippen molar-refractivity contribution < 1.29 is 5.11 Å². The number of benzene rings is 1. The Labute approximate surface area is 128 Å². The van der Waals surface area contributed by atoms with E-state index in [4.69, 9.17) is 0 Å². The molecule has 0 bridgehead atoms. The van der Waals surface area contributed by atoms with Crippen LogP contribution >= 0.6 is 23.5 Å². The summed E-state index contributed by atoms with van der Waals surface area (Å²) in [5, 5.41) is 11.4. The Kier molecular flexibility index (Phi) is 4.29. The van der Waals surface area contributed by atoms with E-state index in [-0.39, 0.29) is 6.10 Å². The van der Waals surface area contributed by atoms with E-state index in [0.717, 1.165) is 22.6 Å². The van der Waals surface area contributed by atoms with Crippen LogP contribution in [0, 0.1) is 0 Å². The number of hydrogen-bond donors (Lipinski definition) is 1. The van der Waals surface area contributed by atoms with Gasteiger partial charge >= 0.3 is 0 Å². The molecular weight excluding hydrogens is 288 g/mol. The summed E-state index contributed by atoms with van der Waals surface area (Å²) >= 11 is 3.87. The van der Waals surface area contributed by atoms with E-state index in [9.17, 15) is 5.11 Å². The van der Waals surface area contributed by atoms with Gasteiger partial charge in [-0.1, -0.05) is 19.1 Å². The first-order valence-electron chi connectivity index (χ1n) is 6.98. The van der Waals surface area contributed by atoms with Gasteiger partial charge in [-0.3, -0.25) is 0 Å². The normalized spacial score (nSPS) is 24.9. The Balaban J connectivity index is 1.80. The van der Waals surface area contributed by atoms with Gasteiger partial charge in [0.1, 0.15) is 5.82 Å². The van der Waals surface area contributed by atoms with Crippen molar-refractivity contribution in [2.75, 3.05) is 11.5 Å². The third kappa shape index (κ3) is 2.71. The van der Waals surface area contributed by atoms with Gasteiger partial charge in [0.05, 0.1) is 17.1 Å². The molecule has 1 aromatic carbocycles. The lowest BCUT2D eigenvalue weighted by Crippen LogP contribution is -2.36. The first-order chi connectivity index (χ1) is 9.66. The summed E-state index contributed by atoms with van der Waals surface area (Å²) in [6.45, 7) is 2.22. The number of aliphatic hydroxyl groups excluding tert-OH is 1. The zero-order valence-electron chi connectivity index (χ0n) is 11.8. The molecule has 20 heavy (non-hydrogen) atoms. The summed E-state index contributed by atoms with van der Waals surface area (Å²) in [6, 6.07) is 8.14. The second-order valence-corrected chi connectivity index (χ2v) is 8.03. The number of rotatable bonds is 3. The lowest BCUT2D eigenvalue weighted by atomic mass is 10.1. The lowest BCUT2D eigenvalue weighted by Gasteiger charge is -2.31. The molecule has 2 aromatic rings. The Morgan fingerprint density at radius 3 is 2.85 bits per heavy atom. The molecule has 0 amide bonds. The topological polar surface area (TPSA) is 38.1 Å². The van der Waals surface area contributed by atoms with Crippen molar-refractivity contribution in [1.82, 2.24) is 9.55 Å². The number of hydrogen-bond acceptors (Lipinski definition) is 4. The highest BCUT2D eigenvalue weighted by atomic mass is 32.2. The molecule has 1 aliphatic heterocycles. The first-order valence-corrected chi connectivity index (χ1v) is 9.08. The second kappa shape index (κ2) is 6.00. The number of fused-ring (bicyclic) bond motifs is 1. The average molecular weight is 308 g/mol. The van der Waals surface area contributed by atoms with Gasteiger partial charge in [0.15, 0.2) is 0 Å². The zero-order valence-corrected chi connectivity index (χ0v) is 13.5. The number of imidazole rings is 1. The first kappa shape index (κ1) is 14.3. The third-order valence-electron chi connectivity index (χ3n) is 3.89. The molecule has 2 heterocycles. The molecule has 0 aliphatic carbocycles. The summed E-state index contributed by atoms with van der Waals surface area (Å²) in [5.74, 6) is 3.31. The van der Waals surface area contributed by atoms with Crippen molar-refractivity contribution >= 4 is 34.6 Å². The maximum atomic E-state index is 10.6. The highest BCUT2D eigenvalue weighted by Crippen LogP contribution is 2.34. The minimum absolute atomic E-state index is 0.313. The molecule has 108 valence electrons. The van der Waals surface area contributed by atoms with E-state index in [2.05, 4.69) is 22.5 Å². The molecule has 3 rings (SSSR count). The quantitative estimate of drug-likeness (QED) is 0.946. The van der Waals surface area contributed by atoms with Crippen LogP contribution in [0.4, 0.5) is 0 Å². The van der Waals surface area contributed by atoms with Crippen molar-refractivity contribution in [3.8, 4) is 0 Å². The minimum Gasteiger partial charge on any atom is -0.391 e. The van der Waals surface area contributed by atoms with E-state index in [0.29, 0.717) is 16.9 Å². The maximum absolute atomic E-state index is 10.6. The Morgan fingerprint density at radius 1 is 1.35 bits per heavy atom. The second-order valence-electron chi connectivity index (χ2n) is 5.26. The van der Waals surface area contributed by atoms with Gasteiger partial charge in [-0.25, -0.2) is 4.98 Å². The molecule has 0 radical (unpaired) electrons. The Hall–Kier alpha value is -0.650. The summed E-state index contributed by atoms with van der Waals surface area (Å²) in [6.07, 6.45) is 0.312. The molecule has 3 nitrogen and oxygen atoms in total. The lowest BCUT2D eigenvalue weighted by molar-refractivity contribution is 0.168. The van der Waals surface area contributed by atoms with Gasteiger partial charge in [-0.15, -0.1) is 0 Å². The van der Waals surface area contributed by atoms with Crippen LogP contribution in [-0.2, 0) is 13.5 Å². The molecule has 1 aliphatic rings. The smallest absolute Gasteiger partial charge is 0.112 e. The molecule has 0 spiro atoms. The van der Waals surface area contributed by atoms with E-state index in [1.807, 2.05) is 48.8 Å². The Bertz CT molecular complexity index is 599. The standard InChI is InChI=1S/C15H20N2OS2/c1-10-15(20-8-7-19-10)13(18)9-14-16-11-5-3-4-6-12(11)17(14)2/h3-6,10,13,15,18H,7-9H2,1-2H3. The highest BCUT2D eigenvalue weighted by molar-refractivity contribution is 8.07. The number of aromatic nitrogens is 2. The van der Waals surface area contributed by atoms with Gasteiger partial charge in [0.25, 0.3) is 0 Å². The number of para-hydroxylation sites is 2. The molecule has 3 unspecified atom stereocenters. The predicted molar refractivity (Wildman–Crippen MR) is 88.6 cm³/mol. The van der Waals surface area contributed by atoms with E-state index >= 15 is 0 Å². The van der Waals surface area contributed by atoms with E-state index < -0.39 is 0 Å². The number of nitrogens with zero attached hydrogens (tertiary/aromatic N) is 2. The molecule has 0 saturated carbocycles. The van der Waals surface area contributed by atoms with Crippen LogP contribution in [0.1, 0.15) is 12.7 Å². The zero-order chi connectivity index (χ0) is 14.1. The number of thioether (sulfide) groups is 2. The molecule has 3 atom stereocenters. The number of aryl methyl sites for hydroxylation is 1. The van der Waals surface area contributed by atoms with Crippen LogP contribution in [0.15, 0.2) is 24.3 Å². The van der Waals surface area contributed by atoms with Gasteiger partial charge < -0.3 is 9.67 Å². The fourth-order valence-corrected chi connectivity index (χ4v) is 5.60. The van der Waals surface area contributed by atoms with Crippen molar-refractivity contribution in [3.05, 3.63) is 30.1 Å². The average Bonchev–Trinajstić information content (AvgIpc) is 2.76. The summed E-state index contributed by atoms with van der Waals surface area (Å²) in [4.78, 5) is 4.66. The predicted octanol–water partition coefficient (Wildman–Crippen LogP) is 2.71. The fourth-order valence-electron chi connectivity index (χ4n) is 2.75. The summed E-state index contributed by atoms with van der Waals surface area (Å²) < 4.78 is 2.10. The fraction of sp³-hybridized carbons (Fsp3) is 0.533. The van der Waals surface area contributed by atoms with Crippen LogP contribution in [0.25, 0.3) is 11.0 Å². The van der Waals surface area contributed by atoms with Crippen molar-refractivity contribution in [1.29, 1.82) is 0 Å². The maximum Gasteiger partial charge on any atom is 0.112 e. The van der Waals surface area contributed by atoms with Gasteiger partial charge in [-0.05, 0) is 12.1 Å². The van der Waals surface area contributed by atoms with Gasteiger partial charge in [0, 0.05) is 35.5 Å². The van der Waals surface area contributed by atoms with Gasteiger partial charge in [0.2, 0.25) is 0 Å². The molecule has 1 fully saturated rings. The van der Waals surface area contributed by atoms with Gasteiger partial charge in [-0.2, -0.15) is 23.5 Å². The van der Waals surface area contributed by atoms with E-state index in [1.54, 1.807) is 0 Å². The van der Waals surface area contributed by atoms with Crippen LogP contribution in [0.3, 0.4) is 0 Å². The SMILES string of the molecule is CC1SCCSC1C(O)Cc1nc2ccccc2n1C. The molecule has 5 heteroatoms. The molecular formula is C15H20N2OS2. The van der Waals surface area contributed by atoms with Crippen LogP contribution in [-0.4, -0.2) is 42.8 Å². The molecule has 1 N–H and O–H groups in total. The Morgan fingerprint density at radius 2 is 2.10 bits per heavy atom. The third-order valence-corrected chi connectivity index (χ3v) is 7.12. The van der Waals surface area contributed by atoms with E-state index in [1.165, 1.54) is 5.75 Å². The molecule has 1 saturated heterocycles. The van der Waals surface area contributed by atoms with Crippen LogP contribution < -0.4 is 0 Å². The summed E-state index contributed by atoms with van der Waals surface area (Å²) in [5.41, 5.74) is 2.14. The van der Waals surface area contributed by atoms with Crippen molar-refractivity contribution in [2.24, 2.45) is 7.05 Å². The van der Waals surface area contributed by atoms with Crippen LogP contribution in [0.5, 0.6) is 0 Å². The number of aliphatic hydroxyl groups is 1. The minimum atomic E-state index is -0.321. The summed E-state index contributed by atoms with van der Waals surface area (Å²) in [7, 11) is 2.03. The monoisotopic (exact) mass is 308 g/mol. The van der Waals surface area contributed by atoms with Crippen molar-refractivity contribution in [2.45, 2.75) is 29.9 Å². The molecule has 1 aromatic heterocycles.